The molecule has 152 valence electrons. The van der Waals surface area contributed by atoms with Gasteiger partial charge >= 0.3 is 0 Å². The molecular formula is C24H20N6O. The van der Waals surface area contributed by atoms with Crippen LogP contribution in [0.2, 0.25) is 0 Å². The summed E-state index contributed by atoms with van der Waals surface area (Å²) in [5.41, 5.74) is 6.64. The number of pyridine rings is 1. The summed E-state index contributed by atoms with van der Waals surface area (Å²) in [6.45, 7) is 5.81. The van der Waals surface area contributed by atoms with Crippen LogP contribution in [-0.4, -0.2) is 30.3 Å². The fourth-order valence-electron chi connectivity index (χ4n) is 3.90. The van der Waals surface area contributed by atoms with Gasteiger partial charge in [-0.25, -0.2) is 0 Å². The quantitative estimate of drug-likeness (QED) is 0.475. The van der Waals surface area contributed by atoms with Gasteiger partial charge in [-0.2, -0.15) is 5.10 Å². The van der Waals surface area contributed by atoms with Crippen molar-refractivity contribution in [3.05, 3.63) is 84.5 Å². The number of fused-ring (bicyclic) bond motifs is 2. The maximum atomic E-state index is 13.2. The van der Waals surface area contributed by atoms with E-state index in [-0.39, 0.29) is 5.91 Å². The first-order valence-corrected chi connectivity index (χ1v) is 9.84. The van der Waals surface area contributed by atoms with E-state index in [0.29, 0.717) is 11.2 Å². The van der Waals surface area contributed by atoms with Gasteiger partial charge in [0, 0.05) is 24.3 Å². The van der Waals surface area contributed by atoms with Gasteiger partial charge in [0.1, 0.15) is 6.33 Å². The molecule has 0 aliphatic carbocycles. The number of amides is 1. The molecule has 0 saturated carbocycles. The topological polar surface area (TPSA) is 77.1 Å². The Morgan fingerprint density at radius 3 is 2.81 bits per heavy atom. The molecule has 0 aliphatic rings. The third kappa shape index (κ3) is 3.07. The third-order valence-corrected chi connectivity index (χ3v) is 5.56. The molecule has 1 N–H and O–H groups in total. The van der Waals surface area contributed by atoms with Crippen molar-refractivity contribution in [2.75, 3.05) is 5.32 Å². The predicted molar refractivity (Wildman–Crippen MR) is 122 cm³/mol. The van der Waals surface area contributed by atoms with E-state index < -0.39 is 0 Å². The van der Waals surface area contributed by atoms with E-state index in [1.165, 1.54) is 0 Å². The van der Waals surface area contributed by atoms with E-state index in [0.717, 1.165) is 38.8 Å². The molecule has 5 rings (SSSR count). The Morgan fingerprint density at radius 2 is 1.97 bits per heavy atom. The van der Waals surface area contributed by atoms with Crippen LogP contribution >= 0.6 is 0 Å². The van der Waals surface area contributed by atoms with Crippen LogP contribution < -0.4 is 5.32 Å². The Bertz CT molecular complexity index is 1480. The van der Waals surface area contributed by atoms with Crippen LogP contribution in [-0.2, 0) is 7.05 Å². The second kappa shape index (κ2) is 7.21. The average molecular weight is 408 g/mol. The molecule has 3 aromatic heterocycles. The zero-order valence-corrected chi connectivity index (χ0v) is 17.2. The average Bonchev–Trinajstić information content (AvgIpc) is 3.41. The fraction of sp³-hybridized carbons (Fsp3) is 0.0833. The van der Waals surface area contributed by atoms with Gasteiger partial charge in [0.05, 0.1) is 17.3 Å². The number of benzene rings is 2. The fourth-order valence-corrected chi connectivity index (χ4v) is 3.90. The largest absolute Gasteiger partial charge is 0.322 e. The highest BCUT2D eigenvalue weighted by Gasteiger charge is 2.17. The minimum absolute atomic E-state index is 0.249. The summed E-state index contributed by atoms with van der Waals surface area (Å²) in [5, 5.41) is 16.5. The van der Waals surface area contributed by atoms with Crippen LogP contribution in [0.25, 0.3) is 33.8 Å². The Morgan fingerprint density at radius 1 is 1.16 bits per heavy atom. The number of carbonyl (C=O) groups is 1. The molecule has 0 fully saturated rings. The van der Waals surface area contributed by atoms with Crippen molar-refractivity contribution in [2.45, 2.75) is 6.92 Å². The van der Waals surface area contributed by atoms with Crippen LogP contribution in [0.4, 0.5) is 5.69 Å². The summed E-state index contributed by atoms with van der Waals surface area (Å²) in [5.74, 6) is -0.249. The molecule has 0 radical (unpaired) electrons. The molecule has 3 heterocycles. The lowest BCUT2D eigenvalue weighted by molar-refractivity contribution is 0.102. The molecule has 0 aliphatic heterocycles. The van der Waals surface area contributed by atoms with Crippen LogP contribution in [0.3, 0.4) is 0 Å². The Hall–Kier alpha value is -4.26. The monoisotopic (exact) mass is 408 g/mol. The summed E-state index contributed by atoms with van der Waals surface area (Å²) in [6, 6.07) is 13.8. The molecule has 31 heavy (non-hydrogen) atoms. The molecule has 0 unspecified atom stereocenters. The van der Waals surface area contributed by atoms with Gasteiger partial charge in [0.25, 0.3) is 5.91 Å². The molecule has 0 saturated heterocycles. The van der Waals surface area contributed by atoms with Crippen LogP contribution in [0.5, 0.6) is 0 Å². The Balaban J connectivity index is 1.56. The van der Waals surface area contributed by atoms with E-state index in [1.807, 2.05) is 55.3 Å². The number of carbonyl (C=O) groups excluding carboxylic acids is 1. The Labute approximate surface area is 178 Å². The SMILES string of the molecule is C=Cc1cc(C(=O)Nc2cccc(-c3cccc4c3cnn4C)c2C)c2nncn2c1. The van der Waals surface area contributed by atoms with E-state index in [4.69, 9.17) is 0 Å². The molecule has 2 aromatic carbocycles. The number of hydrogen-bond acceptors (Lipinski definition) is 4. The number of nitrogens with one attached hydrogen (secondary N) is 1. The first-order chi connectivity index (χ1) is 15.1. The lowest BCUT2D eigenvalue weighted by Gasteiger charge is -2.14. The minimum atomic E-state index is -0.249. The van der Waals surface area contributed by atoms with E-state index in [2.05, 4.69) is 39.3 Å². The van der Waals surface area contributed by atoms with Crippen molar-refractivity contribution >= 4 is 34.2 Å². The first kappa shape index (κ1) is 18.7. The predicted octanol–water partition coefficient (Wildman–Crippen LogP) is 4.49. The second-order valence-electron chi connectivity index (χ2n) is 7.39. The van der Waals surface area contributed by atoms with Crippen molar-refractivity contribution < 1.29 is 4.79 Å². The molecule has 5 aromatic rings. The number of anilines is 1. The van der Waals surface area contributed by atoms with Gasteiger partial charge in [-0.15, -0.1) is 10.2 Å². The van der Waals surface area contributed by atoms with Gasteiger partial charge in [0.2, 0.25) is 0 Å². The molecule has 0 bridgehead atoms. The maximum Gasteiger partial charge on any atom is 0.259 e. The van der Waals surface area contributed by atoms with Crippen molar-refractivity contribution in [3.8, 4) is 11.1 Å². The lowest BCUT2D eigenvalue weighted by Crippen LogP contribution is -2.15. The van der Waals surface area contributed by atoms with E-state index in [1.54, 1.807) is 22.9 Å². The lowest BCUT2D eigenvalue weighted by atomic mass is 9.96. The van der Waals surface area contributed by atoms with Gasteiger partial charge in [-0.3, -0.25) is 13.9 Å². The molecule has 0 spiro atoms. The van der Waals surface area contributed by atoms with Gasteiger partial charge in [-0.1, -0.05) is 36.9 Å². The standard InChI is InChI=1S/C24H20N6O/c1-4-16-11-19(23-28-25-14-30(23)13-16)24(31)27-21-9-5-7-17(15(21)2)18-8-6-10-22-20(18)12-26-29(22)3/h4-14H,1H2,2-3H3,(H,27,31). The van der Waals surface area contributed by atoms with E-state index in [9.17, 15) is 4.79 Å². The van der Waals surface area contributed by atoms with Crippen molar-refractivity contribution in [1.29, 1.82) is 0 Å². The Kier molecular flexibility index (Phi) is 4.36. The zero-order chi connectivity index (χ0) is 21.5. The molecule has 7 heteroatoms. The van der Waals surface area contributed by atoms with Gasteiger partial charge in [-0.05, 0) is 47.4 Å². The van der Waals surface area contributed by atoms with Crippen LogP contribution in [0, 0.1) is 6.92 Å². The third-order valence-electron chi connectivity index (χ3n) is 5.56. The van der Waals surface area contributed by atoms with Crippen molar-refractivity contribution in [3.63, 3.8) is 0 Å². The molecule has 1 amide bonds. The number of nitrogens with zero attached hydrogens (tertiary/aromatic N) is 5. The van der Waals surface area contributed by atoms with Gasteiger partial charge < -0.3 is 5.32 Å². The highest BCUT2D eigenvalue weighted by atomic mass is 16.1. The number of rotatable bonds is 4. The summed E-state index contributed by atoms with van der Waals surface area (Å²) in [7, 11) is 1.93. The summed E-state index contributed by atoms with van der Waals surface area (Å²) in [4.78, 5) is 13.2. The zero-order valence-electron chi connectivity index (χ0n) is 17.2. The molecular weight excluding hydrogens is 388 g/mol. The first-order valence-electron chi connectivity index (χ1n) is 9.84. The van der Waals surface area contributed by atoms with E-state index >= 15 is 0 Å². The smallest absolute Gasteiger partial charge is 0.259 e. The van der Waals surface area contributed by atoms with Crippen LogP contribution in [0.1, 0.15) is 21.5 Å². The summed E-state index contributed by atoms with van der Waals surface area (Å²) in [6.07, 6.45) is 6.97. The number of aryl methyl sites for hydroxylation is 1. The molecule has 0 atom stereocenters. The van der Waals surface area contributed by atoms with Crippen molar-refractivity contribution in [2.24, 2.45) is 7.05 Å². The summed E-state index contributed by atoms with van der Waals surface area (Å²) >= 11 is 0. The van der Waals surface area contributed by atoms with Crippen molar-refractivity contribution in [1.82, 2.24) is 24.4 Å². The van der Waals surface area contributed by atoms with Gasteiger partial charge in [0.15, 0.2) is 5.65 Å². The highest BCUT2D eigenvalue weighted by molar-refractivity contribution is 6.09. The number of hydrogen-bond donors (Lipinski definition) is 1. The highest BCUT2D eigenvalue weighted by Crippen LogP contribution is 2.33. The molecule has 7 nitrogen and oxygen atoms in total. The normalized spacial score (nSPS) is 11.2. The number of aromatic nitrogens is 5. The maximum absolute atomic E-state index is 13.2. The summed E-state index contributed by atoms with van der Waals surface area (Å²) < 4.78 is 3.58. The second-order valence-corrected chi connectivity index (χ2v) is 7.39. The van der Waals surface area contributed by atoms with Crippen LogP contribution in [0.15, 0.2) is 67.8 Å². The minimum Gasteiger partial charge on any atom is -0.322 e.